The van der Waals surface area contributed by atoms with Gasteiger partial charge in [0.15, 0.2) is 0 Å². The predicted octanol–water partition coefficient (Wildman–Crippen LogP) is 4.31. The number of fused-ring (bicyclic) bond motifs is 2. The van der Waals surface area contributed by atoms with Crippen LogP contribution in [0.2, 0.25) is 5.02 Å². The van der Waals surface area contributed by atoms with Crippen molar-refractivity contribution in [3.05, 3.63) is 119 Å². The lowest BCUT2D eigenvalue weighted by atomic mass is 9.99. The Balaban J connectivity index is 1.43. The lowest BCUT2D eigenvalue weighted by molar-refractivity contribution is -0.141. The lowest BCUT2D eigenvalue weighted by Crippen LogP contribution is -2.59. The van der Waals surface area contributed by atoms with Crippen LogP contribution in [0.25, 0.3) is 21.7 Å². The van der Waals surface area contributed by atoms with Gasteiger partial charge in [0.05, 0.1) is 6.42 Å². The van der Waals surface area contributed by atoms with Crippen LogP contribution in [0.15, 0.2) is 97.2 Å². The summed E-state index contributed by atoms with van der Waals surface area (Å²) in [6.07, 6.45) is -0.109. The number of aromatic nitrogens is 1. The summed E-state index contributed by atoms with van der Waals surface area (Å²) in [6, 6.07) is 21.4. The normalized spacial score (nSPS) is 13.5. The van der Waals surface area contributed by atoms with Crippen LogP contribution >= 0.6 is 11.6 Å². The van der Waals surface area contributed by atoms with Crippen LogP contribution < -0.4 is 27.0 Å². The number of nitrogens with one attached hydrogen (secondary N) is 5. The molecule has 0 aliphatic heterocycles. The second-order valence-electron chi connectivity index (χ2n) is 14.7. The van der Waals surface area contributed by atoms with E-state index >= 15 is 0 Å². The number of primary amides is 1. The van der Waals surface area contributed by atoms with E-state index in [4.69, 9.17) is 22.1 Å². The van der Waals surface area contributed by atoms with Crippen molar-refractivity contribution < 1.29 is 38.6 Å². The zero-order valence-corrected chi connectivity index (χ0v) is 32.4. The zero-order chi connectivity index (χ0) is 41.3. The third kappa shape index (κ3) is 12.0. The molecule has 0 radical (unpaired) electrons. The minimum Gasteiger partial charge on any atom is -0.481 e. The third-order valence-electron chi connectivity index (χ3n) is 9.02. The molecule has 14 nitrogen and oxygen atoms in total. The Morgan fingerprint density at radius 2 is 1.26 bits per heavy atom. The number of alkyl carbamates (subject to hydrolysis) is 1. The second kappa shape index (κ2) is 18.5. The van der Waals surface area contributed by atoms with Crippen LogP contribution in [0.3, 0.4) is 0 Å². The van der Waals surface area contributed by atoms with Crippen molar-refractivity contribution in [1.29, 1.82) is 0 Å². The average molecular weight is 797 g/mol. The molecule has 4 aromatic carbocycles. The summed E-state index contributed by atoms with van der Waals surface area (Å²) in [6.45, 7) is 5.04. The monoisotopic (exact) mass is 796 g/mol. The predicted molar refractivity (Wildman–Crippen MR) is 215 cm³/mol. The smallest absolute Gasteiger partial charge is 0.408 e. The van der Waals surface area contributed by atoms with E-state index < -0.39 is 71.9 Å². The molecule has 5 aromatic rings. The summed E-state index contributed by atoms with van der Waals surface area (Å²) in [5.74, 6) is -4.93. The number of H-pyrrole nitrogens is 1. The van der Waals surface area contributed by atoms with Gasteiger partial charge in [-0.25, -0.2) is 4.79 Å². The van der Waals surface area contributed by atoms with Crippen LogP contribution in [-0.4, -0.2) is 75.6 Å². The molecule has 15 heteroatoms. The molecule has 0 saturated carbocycles. The minimum absolute atomic E-state index is 0.00553. The Kier molecular flexibility index (Phi) is 13.5. The molecule has 0 fully saturated rings. The molecule has 8 N–H and O–H groups in total. The number of halogens is 1. The van der Waals surface area contributed by atoms with E-state index in [2.05, 4.69) is 26.3 Å². The quantitative estimate of drug-likeness (QED) is 0.0761. The number of aliphatic carboxylic acids is 1. The van der Waals surface area contributed by atoms with Gasteiger partial charge in [-0.05, 0) is 66.4 Å². The Hall–Kier alpha value is -6.41. The first-order valence-electron chi connectivity index (χ1n) is 18.2. The summed E-state index contributed by atoms with van der Waals surface area (Å²) in [7, 11) is 0. The Labute approximate surface area is 333 Å². The van der Waals surface area contributed by atoms with Crippen molar-refractivity contribution in [2.24, 2.45) is 5.73 Å². The summed E-state index contributed by atoms with van der Waals surface area (Å²) < 4.78 is 5.47. The molecule has 5 amide bonds. The first kappa shape index (κ1) is 41.7. The molecular weight excluding hydrogens is 752 g/mol. The van der Waals surface area contributed by atoms with Gasteiger partial charge < -0.3 is 41.8 Å². The molecule has 5 rings (SSSR count). The molecule has 4 atom stereocenters. The van der Waals surface area contributed by atoms with Crippen molar-refractivity contribution in [2.45, 2.75) is 76.2 Å². The number of carboxylic acids is 1. The van der Waals surface area contributed by atoms with Crippen LogP contribution in [0.1, 0.15) is 43.9 Å². The number of ether oxygens (including phenoxy) is 1. The number of hydrogen-bond donors (Lipinski definition) is 7. The first-order chi connectivity index (χ1) is 27.0. The van der Waals surface area contributed by atoms with Gasteiger partial charge in [-0.3, -0.25) is 24.0 Å². The van der Waals surface area contributed by atoms with E-state index in [0.717, 1.165) is 21.7 Å². The van der Waals surface area contributed by atoms with Crippen LogP contribution in [-0.2, 0) is 48.0 Å². The summed E-state index contributed by atoms with van der Waals surface area (Å²) >= 11 is 5.97. The van der Waals surface area contributed by atoms with Crippen molar-refractivity contribution in [1.82, 2.24) is 26.3 Å². The first-order valence-corrected chi connectivity index (χ1v) is 18.6. The van der Waals surface area contributed by atoms with Gasteiger partial charge in [0.2, 0.25) is 23.6 Å². The number of para-hydroxylation sites is 1. The maximum atomic E-state index is 14.2. The molecule has 57 heavy (non-hydrogen) atoms. The Morgan fingerprint density at radius 1 is 0.702 bits per heavy atom. The number of carbonyl (C=O) groups is 6. The summed E-state index contributed by atoms with van der Waals surface area (Å²) in [5.41, 5.74) is 7.48. The highest BCUT2D eigenvalue weighted by Crippen LogP contribution is 2.21. The third-order valence-corrected chi connectivity index (χ3v) is 9.27. The van der Waals surface area contributed by atoms with E-state index in [1.54, 1.807) is 57.3 Å². The molecule has 0 unspecified atom stereocenters. The number of carbonyl (C=O) groups excluding carboxylic acids is 5. The minimum atomic E-state index is -1.68. The molecule has 298 valence electrons. The summed E-state index contributed by atoms with van der Waals surface area (Å²) in [5, 5.41) is 23.1. The zero-order valence-electron chi connectivity index (χ0n) is 31.6. The highest BCUT2D eigenvalue weighted by Gasteiger charge is 2.33. The maximum Gasteiger partial charge on any atom is 0.408 e. The molecule has 1 aromatic heterocycles. The number of carboxylic acid groups (broad SMARTS) is 1. The topological polar surface area (TPSA) is 222 Å². The van der Waals surface area contributed by atoms with Gasteiger partial charge >= 0.3 is 12.1 Å². The lowest BCUT2D eigenvalue weighted by Gasteiger charge is -2.27. The Morgan fingerprint density at radius 3 is 1.93 bits per heavy atom. The molecule has 1 heterocycles. The number of aromatic amines is 1. The maximum absolute atomic E-state index is 14.2. The average Bonchev–Trinajstić information content (AvgIpc) is 3.56. The van der Waals surface area contributed by atoms with Gasteiger partial charge in [0, 0.05) is 41.4 Å². The highest BCUT2D eigenvalue weighted by atomic mass is 35.5. The molecular formula is C42H45ClN6O8. The van der Waals surface area contributed by atoms with Crippen molar-refractivity contribution >= 4 is 69.0 Å². The number of benzene rings is 4. The molecule has 0 aliphatic rings. The number of nitrogens with two attached hydrogens (primary N) is 1. The number of rotatable bonds is 16. The van der Waals surface area contributed by atoms with Gasteiger partial charge in [0.25, 0.3) is 0 Å². The van der Waals surface area contributed by atoms with E-state index in [9.17, 15) is 33.9 Å². The summed E-state index contributed by atoms with van der Waals surface area (Å²) in [4.78, 5) is 82.6. The van der Waals surface area contributed by atoms with E-state index in [0.29, 0.717) is 21.7 Å². The molecule has 0 saturated heterocycles. The number of hydrogen-bond acceptors (Lipinski definition) is 7. The molecule has 0 aliphatic carbocycles. The van der Waals surface area contributed by atoms with Crippen LogP contribution in [0, 0.1) is 0 Å². The fraction of sp³-hybridized carbons (Fsp3) is 0.286. The fourth-order valence-corrected chi connectivity index (χ4v) is 6.40. The van der Waals surface area contributed by atoms with Gasteiger partial charge in [0.1, 0.15) is 29.8 Å². The van der Waals surface area contributed by atoms with E-state index in [-0.39, 0.29) is 19.3 Å². The van der Waals surface area contributed by atoms with E-state index in [1.807, 2.05) is 60.7 Å². The van der Waals surface area contributed by atoms with Crippen LogP contribution in [0.5, 0.6) is 0 Å². The largest absolute Gasteiger partial charge is 0.481 e. The van der Waals surface area contributed by atoms with Gasteiger partial charge in [-0.1, -0.05) is 84.4 Å². The number of amides is 5. The van der Waals surface area contributed by atoms with Gasteiger partial charge in [-0.2, -0.15) is 0 Å². The van der Waals surface area contributed by atoms with E-state index in [1.165, 1.54) is 0 Å². The fourth-order valence-electron chi connectivity index (χ4n) is 6.27. The molecule has 0 spiro atoms. The van der Waals surface area contributed by atoms with Gasteiger partial charge in [-0.15, -0.1) is 0 Å². The van der Waals surface area contributed by atoms with Crippen LogP contribution in [0.4, 0.5) is 4.79 Å². The van der Waals surface area contributed by atoms with Crippen molar-refractivity contribution in [2.75, 3.05) is 0 Å². The van der Waals surface area contributed by atoms with Crippen molar-refractivity contribution in [3.63, 3.8) is 0 Å². The SMILES string of the molecule is CC(C)(C)OC(=O)N[C@@H](Cc1c[nH]c2ccccc12)C(=O)N[C@H](Cc1ccc2ccccc2c1)C(=O)N[C@H](CC(=O)O)C(=O)N[C@@H](Cc1ccc(Cl)cc1)C(N)=O. The second-order valence-corrected chi connectivity index (χ2v) is 15.1. The van der Waals surface area contributed by atoms with Crippen molar-refractivity contribution in [3.8, 4) is 0 Å². The standard InChI is InChI=1S/C42H45ClN6O8/c1-42(2,3)57-41(56)49-34(21-28-23-45-31-11-7-6-10-30(28)31)39(54)47-33(20-25-12-15-26-8-4-5-9-27(26)18-25)38(53)48-35(22-36(50)51)40(55)46-32(37(44)52)19-24-13-16-29(43)17-14-24/h4-18,23,32-35,45H,19-22H2,1-3H3,(H2,44,52)(H,46,55)(H,47,54)(H,48,53)(H,49,56)(H,50,51)/t32-,33+,34-,35+/m0/s1. The highest BCUT2D eigenvalue weighted by molar-refractivity contribution is 6.30. The molecule has 0 bridgehead atoms. The Bertz CT molecular complexity index is 2270.